The number of anilines is 1. The van der Waals surface area contributed by atoms with Crippen molar-refractivity contribution in [2.75, 3.05) is 11.9 Å². The molecule has 3 rings (SSSR count). The van der Waals surface area contributed by atoms with Crippen molar-refractivity contribution in [2.24, 2.45) is 0 Å². The van der Waals surface area contributed by atoms with Gasteiger partial charge >= 0.3 is 0 Å². The molecule has 0 spiro atoms. The van der Waals surface area contributed by atoms with Crippen molar-refractivity contribution < 1.29 is 14.4 Å². The predicted octanol–water partition coefficient (Wildman–Crippen LogP) is 3.58. The lowest BCUT2D eigenvalue weighted by Gasteiger charge is -2.11. The highest BCUT2D eigenvalue weighted by Gasteiger charge is 2.36. The minimum absolute atomic E-state index is 0.292. The average Bonchev–Trinajstić information content (AvgIpc) is 3.12. The Hall–Kier alpha value is -1.97. The number of thiazole rings is 1. The predicted molar refractivity (Wildman–Crippen MR) is 97.6 cm³/mol. The number of carbonyl (C=O) groups excluding carboxylic acids is 3. The van der Waals surface area contributed by atoms with E-state index in [0.29, 0.717) is 10.0 Å². The minimum atomic E-state index is -0.473. The van der Waals surface area contributed by atoms with Gasteiger partial charge in [-0.2, -0.15) is 0 Å². The van der Waals surface area contributed by atoms with E-state index in [1.165, 1.54) is 11.3 Å². The molecule has 1 aliphatic rings. The van der Waals surface area contributed by atoms with E-state index in [4.69, 9.17) is 0 Å². The standard InChI is InChI=1S/C15H10BrN3O3S2/c16-10-3-1-2-9(6-10)7-11-13(21)19(15(22)24-11)8-12(20)18-14-17-4-5-23-14/h1-7H,8H2,(H,17,18,20)/b11-7-. The van der Waals surface area contributed by atoms with Crippen molar-refractivity contribution in [1.82, 2.24) is 9.88 Å². The molecule has 1 N–H and O–H groups in total. The van der Waals surface area contributed by atoms with Gasteiger partial charge in [0.15, 0.2) is 5.13 Å². The number of imide groups is 1. The number of aromatic nitrogens is 1. The highest BCUT2D eigenvalue weighted by atomic mass is 79.9. The van der Waals surface area contributed by atoms with Crippen LogP contribution in [0.5, 0.6) is 0 Å². The molecular formula is C15H10BrN3O3S2. The molecule has 0 saturated carbocycles. The van der Waals surface area contributed by atoms with Crippen molar-refractivity contribution in [2.45, 2.75) is 0 Å². The molecule has 1 aliphatic heterocycles. The van der Waals surface area contributed by atoms with Gasteiger partial charge in [0.05, 0.1) is 4.91 Å². The Morgan fingerprint density at radius 2 is 2.21 bits per heavy atom. The van der Waals surface area contributed by atoms with Crippen LogP contribution in [0.2, 0.25) is 0 Å². The fourth-order valence-electron chi connectivity index (χ4n) is 1.97. The van der Waals surface area contributed by atoms with Gasteiger partial charge in [0, 0.05) is 16.0 Å². The van der Waals surface area contributed by atoms with Crippen LogP contribution in [-0.4, -0.2) is 33.5 Å². The van der Waals surface area contributed by atoms with Crippen LogP contribution in [0, 0.1) is 0 Å². The van der Waals surface area contributed by atoms with Crippen LogP contribution in [0.4, 0.5) is 9.93 Å². The Labute approximate surface area is 154 Å². The molecule has 0 bridgehead atoms. The molecule has 1 aromatic carbocycles. The van der Waals surface area contributed by atoms with E-state index < -0.39 is 17.1 Å². The van der Waals surface area contributed by atoms with Crippen LogP contribution in [-0.2, 0) is 9.59 Å². The summed E-state index contributed by atoms with van der Waals surface area (Å²) >= 11 is 5.44. The molecule has 1 saturated heterocycles. The van der Waals surface area contributed by atoms with Gasteiger partial charge in [0.2, 0.25) is 5.91 Å². The first-order valence-corrected chi connectivity index (χ1v) is 9.22. The second-order valence-corrected chi connectivity index (χ2v) is 7.51. The van der Waals surface area contributed by atoms with Crippen LogP contribution in [0.25, 0.3) is 6.08 Å². The van der Waals surface area contributed by atoms with Crippen LogP contribution in [0.3, 0.4) is 0 Å². The third-order valence-electron chi connectivity index (χ3n) is 3.00. The normalized spacial score (nSPS) is 16.0. The van der Waals surface area contributed by atoms with E-state index >= 15 is 0 Å². The number of nitrogens with zero attached hydrogens (tertiary/aromatic N) is 2. The summed E-state index contributed by atoms with van der Waals surface area (Å²) in [6, 6.07) is 7.37. The molecule has 9 heteroatoms. The van der Waals surface area contributed by atoms with Crippen molar-refractivity contribution in [1.29, 1.82) is 0 Å². The molecule has 122 valence electrons. The van der Waals surface area contributed by atoms with Crippen molar-refractivity contribution in [3.63, 3.8) is 0 Å². The molecule has 3 amide bonds. The van der Waals surface area contributed by atoms with E-state index in [1.807, 2.05) is 24.3 Å². The molecular weight excluding hydrogens is 414 g/mol. The molecule has 1 aromatic heterocycles. The van der Waals surface area contributed by atoms with E-state index in [-0.39, 0.29) is 6.54 Å². The van der Waals surface area contributed by atoms with Gasteiger partial charge in [-0.15, -0.1) is 11.3 Å². The zero-order valence-electron chi connectivity index (χ0n) is 12.1. The van der Waals surface area contributed by atoms with E-state index in [2.05, 4.69) is 26.2 Å². The van der Waals surface area contributed by atoms with E-state index in [0.717, 1.165) is 26.7 Å². The number of benzene rings is 1. The second kappa shape index (κ2) is 7.29. The Morgan fingerprint density at radius 3 is 2.92 bits per heavy atom. The molecule has 0 atom stereocenters. The second-order valence-electron chi connectivity index (χ2n) is 4.71. The fraction of sp³-hybridized carbons (Fsp3) is 0.0667. The molecule has 24 heavy (non-hydrogen) atoms. The van der Waals surface area contributed by atoms with Gasteiger partial charge in [0.1, 0.15) is 6.54 Å². The number of nitrogens with one attached hydrogen (secondary N) is 1. The number of carbonyl (C=O) groups is 3. The van der Waals surface area contributed by atoms with Crippen molar-refractivity contribution >= 4 is 67.3 Å². The number of thioether (sulfide) groups is 1. The first kappa shape index (κ1) is 16.9. The monoisotopic (exact) mass is 423 g/mol. The number of rotatable bonds is 4. The lowest BCUT2D eigenvalue weighted by molar-refractivity contribution is -0.127. The summed E-state index contributed by atoms with van der Waals surface area (Å²) in [4.78, 5) is 41.5. The SMILES string of the molecule is O=C(CN1C(=O)S/C(=C\c2cccc(Br)c2)C1=O)Nc1nccs1. The summed E-state index contributed by atoms with van der Waals surface area (Å²) in [6.07, 6.45) is 3.19. The molecule has 0 aliphatic carbocycles. The minimum Gasteiger partial charge on any atom is -0.300 e. The Kier molecular flexibility index (Phi) is 5.12. The summed E-state index contributed by atoms with van der Waals surface area (Å²) in [5.74, 6) is -0.935. The van der Waals surface area contributed by atoms with E-state index in [9.17, 15) is 14.4 Å². The van der Waals surface area contributed by atoms with Crippen LogP contribution in [0.1, 0.15) is 5.56 Å². The largest absolute Gasteiger partial charge is 0.300 e. The van der Waals surface area contributed by atoms with Crippen LogP contribution < -0.4 is 5.32 Å². The quantitative estimate of drug-likeness (QED) is 0.760. The van der Waals surface area contributed by atoms with Gasteiger partial charge in [0.25, 0.3) is 11.1 Å². The number of hydrogen-bond donors (Lipinski definition) is 1. The van der Waals surface area contributed by atoms with Gasteiger partial charge < -0.3 is 5.32 Å². The third kappa shape index (κ3) is 3.92. The zero-order valence-corrected chi connectivity index (χ0v) is 15.3. The highest BCUT2D eigenvalue weighted by molar-refractivity contribution is 9.10. The summed E-state index contributed by atoms with van der Waals surface area (Å²) < 4.78 is 0.873. The maximum atomic E-state index is 12.4. The number of halogens is 1. The molecule has 2 aromatic rings. The fourth-order valence-corrected chi connectivity index (χ4v) is 3.77. The summed E-state index contributed by atoms with van der Waals surface area (Å²) in [5, 5.41) is 4.23. The van der Waals surface area contributed by atoms with Gasteiger partial charge in [-0.05, 0) is 35.5 Å². The Balaban J connectivity index is 1.71. The first-order chi connectivity index (χ1) is 11.5. The first-order valence-electron chi connectivity index (χ1n) is 6.73. The Morgan fingerprint density at radius 1 is 1.38 bits per heavy atom. The van der Waals surface area contributed by atoms with E-state index in [1.54, 1.807) is 17.7 Å². The van der Waals surface area contributed by atoms with Crippen LogP contribution >= 0.6 is 39.0 Å². The Bertz CT molecular complexity index is 836. The lowest BCUT2D eigenvalue weighted by atomic mass is 10.2. The van der Waals surface area contributed by atoms with Crippen molar-refractivity contribution in [3.05, 3.63) is 50.8 Å². The van der Waals surface area contributed by atoms with Gasteiger partial charge in [-0.25, -0.2) is 4.98 Å². The molecule has 2 heterocycles. The van der Waals surface area contributed by atoms with Gasteiger partial charge in [-0.3, -0.25) is 19.3 Å². The smallest absolute Gasteiger partial charge is 0.294 e. The third-order valence-corrected chi connectivity index (χ3v) is 5.09. The molecule has 0 unspecified atom stereocenters. The molecule has 6 nitrogen and oxygen atoms in total. The molecule has 0 radical (unpaired) electrons. The van der Waals surface area contributed by atoms with Crippen molar-refractivity contribution in [3.8, 4) is 0 Å². The molecule has 1 fully saturated rings. The van der Waals surface area contributed by atoms with Gasteiger partial charge in [-0.1, -0.05) is 28.1 Å². The van der Waals surface area contributed by atoms with Crippen LogP contribution in [0.15, 0.2) is 45.2 Å². The lowest BCUT2D eigenvalue weighted by Crippen LogP contribution is -2.36. The summed E-state index contributed by atoms with van der Waals surface area (Å²) in [7, 11) is 0. The topological polar surface area (TPSA) is 79.4 Å². The maximum Gasteiger partial charge on any atom is 0.294 e. The zero-order chi connectivity index (χ0) is 17.1. The number of amides is 3. The summed E-state index contributed by atoms with van der Waals surface area (Å²) in [5.41, 5.74) is 0.794. The highest BCUT2D eigenvalue weighted by Crippen LogP contribution is 2.32. The maximum absolute atomic E-state index is 12.4. The number of hydrogen-bond acceptors (Lipinski definition) is 6. The summed E-state index contributed by atoms with van der Waals surface area (Å²) in [6.45, 7) is -0.333. The average molecular weight is 424 g/mol.